The van der Waals surface area contributed by atoms with E-state index in [0.29, 0.717) is 5.75 Å². The van der Waals surface area contributed by atoms with Gasteiger partial charge in [0.15, 0.2) is 0 Å². The molecule has 9 heteroatoms. The first kappa shape index (κ1) is 17.6. The maximum atomic E-state index is 12.8. The Morgan fingerprint density at radius 2 is 2.04 bits per heavy atom. The molecule has 1 aromatic heterocycles. The van der Waals surface area contributed by atoms with E-state index in [1.165, 1.54) is 38.5 Å². The third-order valence-corrected chi connectivity index (χ3v) is 6.41. The Morgan fingerprint density at radius 1 is 1.30 bits per heavy atom. The van der Waals surface area contributed by atoms with Gasteiger partial charge in [-0.3, -0.25) is 9.10 Å². The Balaban J connectivity index is 2.50. The van der Waals surface area contributed by atoms with E-state index in [9.17, 15) is 13.2 Å². The molecule has 0 spiro atoms. The molecule has 0 fully saturated rings. The molecule has 0 saturated carbocycles. The van der Waals surface area contributed by atoms with Crippen molar-refractivity contribution in [3.63, 3.8) is 0 Å². The molecule has 2 rings (SSSR count). The number of halogens is 1. The first-order valence-corrected chi connectivity index (χ1v) is 9.06. The van der Waals surface area contributed by atoms with Crippen LogP contribution in [0.15, 0.2) is 39.9 Å². The highest BCUT2D eigenvalue weighted by molar-refractivity contribution is 7.94. The molecule has 1 heterocycles. The predicted octanol–water partition coefficient (Wildman–Crippen LogP) is 2.78. The van der Waals surface area contributed by atoms with Crippen molar-refractivity contribution in [2.75, 3.05) is 25.1 Å². The number of benzene rings is 1. The summed E-state index contributed by atoms with van der Waals surface area (Å²) < 4.78 is 36.2. The van der Waals surface area contributed by atoms with Crippen molar-refractivity contribution in [1.29, 1.82) is 0 Å². The largest absolute Gasteiger partial charge is 0.495 e. The van der Waals surface area contributed by atoms with E-state index < -0.39 is 22.5 Å². The van der Waals surface area contributed by atoms with Crippen LogP contribution in [-0.2, 0) is 19.6 Å². The van der Waals surface area contributed by atoms with Crippen molar-refractivity contribution in [2.24, 2.45) is 0 Å². The number of rotatable bonds is 6. The van der Waals surface area contributed by atoms with E-state index in [2.05, 4.69) is 4.74 Å². The zero-order valence-electron chi connectivity index (χ0n) is 12.4. The van der Waals surface area contributed by atoms with E-state index in [1.54, 1.807) is 11.4 Å². The Hall–Kier alpha value is -1.77. The summed E-state index contributed by atoms with van der Waals surface area (Å²) in [4.78, 5) is 11.6. The van der Waals surface area contributed by atoms with Crippen molar-refractivity contribution in [2.45, 2.75) is 4.21 Å². The third kappa shape index (κ3) is 3.77. The Morgan fingerprint density at radius 3 is 2.57 bits per heavy atom. The van der Waals surface area contributed by atoms with Crippen molar-refractivity contribution in [3.05, 3.63) is 40.7 Å². The monoisotopic (exact) mass is 375 g/mol. The fourth-order valence-corrected chi connectivity index (χ4v) is 4.58. The second-order valence-electron chi connectivity index (χ2n) is 4.34. The van der Waals surface area contributed by atoms with Gasteiger partial charge in [0.25, 0.3) is 10.0 Å². The van der Waals surface area contributed by atoms with Crippen LogP contribution in [0, 0.1) is 0 Å². The van der Waals surface area contributed by atoms with E-state index in [1.807, 2.05) is 0 Å². The lowest BCUT2D eigenvalue weighted by atomic mass is 10.3. The normalized spacial score (nSPS) is 11.1. The number of methoxy groups -OCH3 is 2. The SMILES string of the molecule is COC(=O)CN(c1ccc(OC)c(Cl)c1)S(=O)(=O)c1cccs1. The summed E-state index contributed by atoms with van der Waals surface area (Å²) in [5.41, 5.74) is 0.245. The fourth-order valence-electron chi connectivity index (χ4n) is 1.83. The van der Waals surface area contributed by atoms with E-state index in [-0.39, 0.29) is 14.9 Å². The smallest absolute Gasteiger partial charge is 0.326 e. The van der Waals surface area contributed by atoms with E-state index in [4.69, 9.17) is 16.3 Å². The number of carbonyl (C=O) groups excluding carboxylic acids is 1. The fraction of sp³-hybridized carbons (Fsp3) is 0.214. The average Bonchev–Trinajstić information content (AvgIpc) is 3.07. The standard InChI is InChI=1S/C14H14ClNO5S2/c1-20-12-6-5-10(8-11(12)15)16(9-13(17)21-2)23(18,19)14-4-3-7-22-14/h3-8H,9H2,1-2H3. The quantitative estimate of drug-likeness (QED) is 0.726. The predicted molar refractivity (Wildman–Crippen MR) is 88.9 cm³/mol. The van der Waals surface area contributed by atoms with Crippen molar-refractivity contribution < 1.29 is 22.7 Å². The molecular weight excluding hydrogens is 362 g/mol. The van der Waals surface area contributed by atoms with Crippen LogP contribution in [0.3, 0.4) is 0 Å². The number of hydrogen-bond donors (Lipinski definition) is 0. The maximum absolute atomic E-state index is 12.8. The summed E-state index contributed by atoms with van der Waals surface area (Å²) >= 11 is 7.12. The van der Waals surface area contributed by atoms with Gasteiger partial charge in [-0.2, -0.15) is 0 Å². The topological polar surface area (TPSA) is 72.9 Å². The molecule has 0 aliphatic heterocycles. The highest BCUT2D eigenvalue weighted by Crippen LogP contribution is 2.32. The molecule has 6 nitrogen and oxygen atoms in total. The summed E-state index contributed by atoms with van der Waals surface area (Å²) in [5, 5.41) is 1.88. The number of sulfonamides is 1. The van der Waals surface area contributed by atoms with E-state index in [0.717, 1.165) is 15.6 Å². The molecular formula is C14H14ClNO5S2. The van der Waals surface area contributed by atoms with Gasteiger partial charge in [-0.1, -0.05) is 17.7 Å². The van der Waals surface area contributed by atoms with Crippen LogP contribution in [0.25, 0.3) is 0 Å². The number of carbonyl (C=O) groups is 1. The summed E-state index contributed by atoms with van der Waals surface area (Å²) in [6, 6.07) is 7.56. The zero-order chi connectivity index (χ0) is 17.0. The van der Waals surface area contributed by atoms with Gasteiger partial charge in [0.1, 0.15) is 16.5 Å². The minimum Gasteiger partial charge on any atom is -0.495 e. The van der Waals surface area contributed by atoms with Gasteiger partial charge in [0.05, 0.1) is 24.9 Å². The molecule has 0 radical (unpaired) electrons. The highest BCUT2D eigenvalue weighted by Gasteiger charge is 2.28. The van der Waals surface area contributed by atoms with Crippen LogP contribution in [0.1, 0.15) is 0 Å². The maximum Gasteiger partial charge on any atom is 0.326 e. The molecule has 23 heavy (non-hydrogen) atoms. The van der Waals surface area contributed by atoms with Gasteiger partial charge >= 0.3 is 5.97 Å². The van der Waals surface area contributed by atoms with Gasteiger partial charge in [0.2, 0.25) is 0 Å². The summed E-state index contributed by atoms with van der Waals surface area (Å²) in [5.74, 6) is -0.279. The van der Waals surface area contributed by atoms with Crippen molar-refractivity contribution >= 4 is 44.6 Å². The molecule has 2 aromatic rings. The van der Waals surface area contributed by atoms with Crippen molar-refractivity contribution in [1.82, 2.24) is 0 Å². The van der Waals surface area contributed by atoms with Crippen LogP contribution in [0.5, 0.6) is 5.75 Å². The number of esters is 1. The average molecular weight is 376 g/mol. The van der Waals surface area contributed by atoms with Crippen molar-refractivity contribution in [3.8, 4) is 5.75 Å². The van der Waals surface area contributed by atoms with Crippen LogP contribution in [0.4, 0.5) is 5.69 Å². The lowest BCUT2D eigenvalue weighted by molar-refractivity contribution is -0.138. The third-order valence-electron chi connectivity index (χ3n) is 2.96. The number of ether oxygens (including phenoxy) is 2. The first-order valence-electron chi connectivity index (χ1n) is 6.36. The Kier molecular flexibility index (Phi) is 5.51. The summed E-state index contributed by atoms with van der Waals surface area (Å²) in [7, 11) is -1.25. The molecule has 0 aliphatic carbocycles. The second-order valence-corrected chi connectivity index (χ2v) is 7.78. The molecule has 0 bridgehead atoms. The summed E-state index contributed by atoms with van der Waals surface area (Å²) in [6.07, 6.45) is 0. The number of anilines is 1. The lowest BCUT2D eigenvalue weighted by Gasteiger charge is -2.23. The molecule has 124 valence electrons. The van der Waals surface area contributed by atoms with Gasteiger partial charge in [-0.25, -0.2) is 8.42 Å². The molecule has 0 N–H and O–H groups in total. The first-order chi connectivity index (χ1) is 10.9. The minimum atomic E-state index is -3.90. The van der Waals surface area contributed by atoms with Gasteiger partial charge in [0, 0.05) is 0 Å². The van der Waals surface area contributed by atoms with Gasteiger partial charge in [-0.15, -0.1) is 11.3 Å². The lowest BCUT2D eigenvalue weighted by Crippen LogP contribution is -2.36. The van der Waals surface area contributed by atoms with Gasteiger partial charge < -0.3 is 9.47 Å². The van der Waals surface area contributed by atoms with Crippen LogP contribution in [-0.4, -0.2) is 35.2 Å². The molecule has 0 amide bonds. The summed E-state index contributed by atoms with van der Waals surface area (Å²) in [6.45, 7) is -0.459. The molecule has 0 aliphatic rings. The molecule has 0 atom stereocenters. The zero-order valence-corrected chi connectivity index (χ0v) is 14.7. The van der Waals surface area contributed by atoms with Crippen LogP contribution >= 0.6 is 22.9 Å². The molecule has 0 unspecified atom stereocenters. The highest BCUT2D eigenvalue weighted by atomic mass is 35.5. The van der Waals surface area contributed by atoms with Crippen LogP contribution < -0.4 is 9.04 Å². The Labute approximate surface area is 143 Å². The van der Waals surface area contributed by atoms with Gasteiger partial charge in [-0.05, 0) is 29.6 Å². The molecule has 1 aromatic carbocycles. The van der Waals surface area contributed by atoms with Crippen LogP contribution in [0.2, 0.25) is 5.02 Å². The minimum absolute atomic E-state index is 0.119. The number of nitrogens with zero attached hydrogens (tertiary/aromatic N) is 1. The Bertz CT molecular complexity index is 790. The van der Waals surface area contributed by atoms with E-state index >= 15 is 0 Å². The number of hydrogen-bond acceptors (Lipinski definition) is 6. The molecule has 0 saturated heterocycles. The second kappa shape index (κ2) is 7.20. The number of thiophene rings is 1.